The maximum Gasteiger partial charge on any atom is 0.262 e. The molecule has 1 aliphatic heterocycles. The average Bonchev–Trinajstić information content (AvgIpc) is 2.69. The molecule has 1 N–H and O–H groups in total. The van der Waals surface area contributed by atoms with Gasteiger partial charge in [-0.05, 0) is 42.8 Å². The second-order valence-electron chi connectivity index (χ2n) is 5.64. The first-order chi connectivity index (χ1) is 11.5. The number of hydrogen-bond donors (Lipinski definition) is 1. The summed E-state index contributed by atoms with van der Waals surface area (Å²) in [5.74, 6) is -0.515. The first-order valence-corrected chi connectivity index (χ1v) is 7.62. The largest absolute Gasteiger partial charge is 0.507 e. The third-order valence-corrected chi connectivity index (χ3v) is 3.93. The smallest absolute Gasteiger partial charge is 0.262 e. The molecule has 0 saturated heterocycles. The zero-order valence-electron chi connectivity index (χ0n) is 13.5. The molecule has 0 atom stereocenters. The summed E-state index contributed by atoms with van der Waals surface area (Å²) in [6.07, 6.45) is 1.52. The van der Waals surface area contributed by atoms with E-state index in [9.17, 15) is 14.7 Å². The highest BCUT2D eigenvalue weighted by Crippen LogP contribution is 2.35. The molecule has 0 unspecified atom stereocenters. The summed E-state index contributed by atoms with van der Waals surface area (Å²) in [7, 11) is 0. The molecule has 4 nitrogen and oxygen atoms in total. The van der Waals surface area contributed by atoms with Gasteiger partial charge in [-0.1, -0.05) is 30.3 Å². The third kappa shape index (κ3) is 2.63. The van der Waals surface area contributed by atoms with Crippen LogP contribution >= 0.6 is 0 Å². The summed E-state index contributed by atoms with van der Waals surface area (Å²) < 4.78 is 0. The van der Waals surface area contributed by atoms with Crippen molar-refractivity contribution in [2.45, 2.75) is 13.8 Å². The number of rotatable bonds is 2. The second-order valence-corrected chi connectivity index (χ2v) is 5.64. The first kappa shape index (κ1) is 15.7. The van der Waals surface area contributed by atoms with Crippen molar-refractivity contribution in [3.63, 3.8) is 0 Å². The summed E-state index contributed by atoms with van der Waals surface area (Å²) in [5.41, 5.74) is 2.28. The number of ketones is 1. The fourth-order valence-corrected chi connectivity index (χ4v) is 2.89. The summed E-state index contributed by atoms with van der Waals surface area (Å²) in [6.45, 7) is 3.13. The number of nitrogens with zero attached hydrogens (tertiary/aromatic N) is 1. The number of aliphatic hydroxyl groups excluding tert-OH is 1. The van der Waals surface area contributed by atoms with E-state index in [1.807, 2.05) is 6.07 Å². The number of anilines is 1. The molecule has 0 aromatic heterocycles. The highest BCUT2D eigenvalue weighted by Gasteiger charge is 2.30. The molecule has 0 aliphatic carbocycles. The van der Waals surface area contributed by atoms with Crippen molar-refractivity contribution < 1.29 is 14.7 Å². The van der Waals surface area contributed by atoms with Crippen LogP contribution in [0.4, 0.5) is 5.69 Å². The van der Waals surface area contributed by atoms with Crippen LogP contribution in [0.25, 0.3) is 5.76 Å². The zero-order chi connectivity index (χ0) is 17.3. The Bertz CT molecular complexity index is 879. The molecule has 0 spiro atoms. The highest BCUT2D eigenvalue weighted by molar-refractivity contribution is 6.16. The lowest BCUT2D eigenvalue weighted by molar-refractivity contribution is -0.113. The Balaban J connectivity index is 2.27. The zero-order valence-corrected chi connectivity index (χ0v) is 13.5. The molecule has 0 saturated carbocycles. The van der Waals surface area contributed by atoms with Gasteiger partial charge in [-0.15, -0.1) is 0 Å². The Kier molecular flexibility index (Phi) is 4.04. The number of aliphatic hydroxyl groups is 1. The molecule has 1 aliphatic rings. The van der Waals surface area contributed by atoms with Gasteiger partial charge in [0.1, 0.15) is 5.76 Å². The van der Waals surface area contributed by atoms with Crippen LogP contribution in [0.1, 0.15) is 29.8 Å². The number of para-hydroxylation sites is 1. The predicted octanol–water partition coefficient (Wildman–Crippen LogP) is 4.11. The van der Waals surface area contributed by atoms with Gasteiger partial charge >= 0.3 is 0 Å². The quantitative estimate of drug-likeness (QED) is 0.906. The Hall–Kier alpha value is -3.14. The van der Waals surface area contributed by atoms with E-state index in [0.717, 1.165) is 0 Å². The highest BCUT2D eigenvalue weighted by atomic mass is 16.3. The van der Waals surface area contributed by atoms with E-state index < -0.39 is 0 Å². The lowest BCUT2D eigenvalue weighted by Gasteiger charge is -2.26. The summed E-state index contributed by atoms with van der Waals surface area (Å²) in [4.78, 5) is 26.8. The Morgan fingerprint density at radius 3 is 2.25 bits per heavy atom. The van der Waals surface area contributed by atoms with Gasteiger partial charge in [0.05, 0.1) is 11.4 Å². The van der Waals surface area contributed by atoms with Gasteiger partial charge in [0.15, 0.2) is 5.78 Å². The van der Waals surface area contributed by atoms with Crippen LogP contribution in [-0.2, 0) is 4.79 Å². The number of carbonyl (C=O) groups is 2. The van der Waals surface area contributed by atoms with E-state index in [1.165, 1.54) is 17.9 Å². The number of Topliss-reactive ketones (excluding diaryl/α,β-unsaturated/α-hetero) is 1. The molecule has 4 heteroatoms. The van der Waals surface area contributed by atoms with E-state index in [-0.39, 0.29) is 23.1 Å². The molecule has 120 valence electrons. The molecule has 2 aromatic rings. The van der Waals surface area contributed by atoms with Crippen molar-refractivity contribution >= 4 is 23.1 Å². The van der Waals surface area contributed by atoms with Crippen molar-refractivity contribution in [2.75, 3.05) is 4.90 Å². The maximum atomic E-state index is 13.1. The lowest BCUT2D eigenvalue weighted by atomic mass is 10.1. The summed E-state index contributed by atoms with van der Waals surface area (Å²) in [5, 5.41) is 10.4. The molecular weight excluding hydrogens is 302 g/mol. The minimum atomic E-state index is -0.310. The van der Waals surface area contributed by atoms with Crippen LogP contribution < -0.4 is 4.90 Å². The number of fused-ring (bicyclic) bond motifs is 1. The molecule has 2 aromatic carbocycles. The normalized spacial score (nSPS) is 13.9. The van der Waals surface area contributed by atoms with Crippen molar-refractivity contribution in [1.82, 2.24) is 0 Å². The van der Waals surface area contributed by atoms with E-state index in [0.29, 0.717) is 22.4 Å². The summed E-state index contributed by atoms with van der Waals surface area (Å²) in [6, 6.07) is 15.8. The monoisotopic (exact) mass is 319 g/mol. The number of carbonyl (C=O) groups excluding carboxylic acids is 2. The van der Waals surface area contributed by atoms with Gasteiger partial charge < -0.3 is 5.11 Å². The number of amides is 1. The maximum absolute atomic E-state index is 13.1. The van der Waals surface area contributed by atoms with Crippen molar-refractivity contribution in [3.8, 4) is 0 Å². The van der Waals surface area contributed by atoms with Crippen molar-refractivity contribution in [3.05, 3.63) is 83.1 Å². The first-order valence-electron chi connectivity index (χ1n) is 7.62. The minimum absolute atomic E-state index is 0.0326. The van der Waals surface area contributed by atoms with Gasteiger partial charge in [0, 0.05) is 18.1 Å². The third-order valence-electron chi connectivity index (χ3n) is 3.93. The number of allylic oxidation sites excluding steroid dienone is 3. The lowest BCUT2D eigenvalue weighted by Crippen LogP contribution is -2.34. The van der Waals surface area contributed by atoms with Crippen molar-refractivity contribution in [1.29, 1.82) is 0 Å². The van der Waals surface area contributed by atoms with Gasteiger partial charge in [0.2, 0.25) is 0 Å². The fraction of sp³-hybridized carbons (Fsp3) is 0.100. The van der Waals surface area contributed by atoms with Crippen molar-refractivity contribution in [2.24, 2.45) is 0 Å². The van der Waals surface area contributed by atoms with Gasteiger partial charge in [-0.3, -0.25) is 14.5 Å². The number of benzene rings is 2. The Morgan fingerprint density at radius 2 is 1.58 bits per heavy atom. The van der Waals surface area contributed by atoms with E-state index in [2.05, 4.69) is 0 Å². The fourth-order valence-electron chi connectivity index (χ4n) is 2.89. The van der Waals surface area contributed by atoms with Crippen LogP contribution in [0.5, 0.6) is 0 Å². The van der Waals surface area contributed by atoms with Gasteiger partial charge in [-0.2, -0.15) is 0 Å². The van der Waals surface area contributed by atoms with Gasteiger partial charge in [0.25, 0.3) is 5.91 Å². The summed E-state index contributed by atoms with van der Waals surface area (Å²) >= 11 is 0. The molecule has 24 heavy (non-hydrogen) atoms. The SMILES string of the molecule is CC(=O)C1=C(C)C=C(O)c2ccccc2N1C(=O)c1ccccc1. The van der Waals surface area contributed by atoms with Crippen LogP contribution in [0.15, 0.2) is 71.9 Å². The average molecular weight is 319 g/mol. The van der Waals surface area contributed by atoms with E-state index in [1.54, 1.807) is 55.5 Å². The van der Waals surface area contributed by atoms with Crippen LogP contribution in [0, 0.1) is 0 Å². The van der Waals surface area contributed by atoms with Crippen LogP contribution in [0.3, 0.4) is 0 Å². The van der Waals surface area contributed by atoms with Crippen LogP contribution in [0.2, 0.25) is 0 Å². The van der Waals surface area contributed by atoms with Gasteiger partial charge in [-0.25, -0.2) is 0 Å². The molecule has 0 fully saturated rings. The number of hydrogen-bond acceptors (Lipinski definition) is 3. The van der Waals surface area contributed by atoms with E-state index in [4.69, 9.17) is 0 Å². The second kappa shape index (κ2) is 6.16. The van der Waals surface area contributed by atoms with Crippen LogP contribution in [-0.4, -0.2) is 16.8 Å². The Morgan fingerprint density at radius 1 is 0.958 bits per heavy atom. The standard InChI is InChI=1S/C20H17NO3/c1-13-12-18(23)16-10-6-7-11-17(16)21(19(13)14(2)22)20(24)15-8-4-3-5-9-15/h3-12,23H,1-2H3. The molecular formula is C20H17NO3. The molecule has 0 bridgehead atoms. The topological polar surface area (TPSA) is 57.6 Å². The molecule has 1 amide bonds. The molecule has 3 rings (SSSR count). The Labute approximate surface area is 140 Å². The minimum Gasteiger partial charge on any atom is -0.507 e. The molecule has 0 radical (unpaired) electrons. The predicted molar refractivity (Wildman–Crippen MR) is 93.7 cm³/mol. The molecule has 1 heterocycles. The van der Waals surface area contributed by atoms with E-state index >= 15 is 0 Å².